The van der Waals surface area contributed by atoms with Crippen LogP contribution in [0.4, 0.5) is 20.2 Å². The van der Waals surface area contributed by atoms with E-state index >= 15 is 0 Å². The van der Waals surface area contributed by atoms with E-state index in [1.807, 2.05) is 44.2 Å². The van der Waals surface area contributed by atoms with Crippen molar-refractivity contribution >= 4 is 17.2 Å². The largest absolute Gasteiger partial charge is 0.371 e. The van der Waals surface area contributed by atoms with E-state index in [-0.39, 0.29) is 5.54 Å². The van der Waals surface area contributed by atoms with E-state index in [0.29, 0.717) is 17.9 Å². The zero-order valence-electron chi connectivity index (χ0n) is 16.0. The molecule has 0 unspecified atom stereocenters. The fourth-order valence-corrected chi connectivity index (χ4v) is 3.78. The number of aliphatic imine (C=N–C) groups is 1. The van der Waals surface area contributed by atoms with Crippen LogP contribution in [0.5, 0.6) is 0 Å². The van der Waals surface area contributed by atoms with E-state index in [4.69, 9.17) is 4.99 Å². The molecule has 1 fully saturated rings. The molecule has 2 aromatic carbocycles. The number of amidine groups is 1. The molecule has 1 heterocycles. The molecule has 144 valence electrons. The molecule has 3 nitrogen and oxygen atoms in total. The molecule has 0 radical (unpaired) electrons. The third-order valence-electron chi connectivity index (χ3n) is 5.11. The lowest BCUT2D eigenvalue weighted by Gasteiger charge is -2.44. The number of hydrogen-bond donors (Lipinski definition) is 2. The number of nitrogens with one attached hydrogen (secondary N) is 2. The summed E-state index contributed by atoms with van der Waals surface area (Å²) in [5.41, 5.74) is 1.96. The van der Waals surface area contributed by atoms with Crippen LogP contribution in [0.2, 0.25) is 0 Å². The van der Waals surface area contributed by atoms with Gasteiger partial charge in [-0.05, 0) is 18.4 Å². The van der Waals surface area contributed by atoms with Crippen LogP contribution in [0.3, 0.4) is 0 Å². The van der Waals surface area contributed by atoms with Gasteiger partial charge in [0.25, 0.3) is 0 Å². The number of rotatable bonds is 2. The van der Waals surface area contributed by atoms with Gasteiger partial charge in [0.1, 0.15) is 5.84 Å². The van der Waals surface area contributed by atoms with E-state index in [1.54, 1.807) is 0 Å². The zero-order chi connectivity index (χ0) is 19.3. The summed E-state index contributed by atoms with van der Waals surface area (Å²) in [4.78, 5) is 4.81. The van der Waals surface area contributed by atoms with E-state index in [0.717, 1.165) is 37.1 Å². The first-order valence-corrected chi connectivity index (χ1v) is 9.79. The van der Waals surface area contributed by atoms with Crippen molar-refractivity contribution in [2.45, 2.75) is 58.0 Å². The molecular formula is C22H27F2N3. The van der Waals surface area contributed by atoms with Crippen molar-refractivity contribution in [1.29, 1.82) is 0 Å². The molecule has 1 spiro atoms. The van der Waals surface area contributed by atoms with Crippen molar-refractivity contribution in [1.82, 2.24) is 0 Å². The number of halogens is 2. The predicted molar refractivity (Wildman–Crippen MR) is 108 cm³/mol. The van der Waals surface area contributed by atoms with Gasteiger partial charge in [0.2, 0.25) is 0 Å². The van der Waals surface area contributed by atoms with Gasteiger partial charge in [0, 0.05) is 12.1 Å². The molecule has 0 amide bonds. The lowest BCUT2D eigenvalue weighted by Crippen LogP contribution is -2.53. The summed E-state index contributed by atoms with van der Waals surface area (Å²) < 4.78 is 27.3. The smallest absolute Gasteiger partial charge is 0.161 e. The van der Waals surface area contributed by atoms with E-state index < -0.39 is 11.6 Å². The maximum atomic E-state index is 13.7. The summed E-state index contributed by atoms with van der Waals surface area (Å²) in [7, 11) is 0. The summed E-state index contributed by atoms with van der Waals surface area (Å²) in [6.07, 6.45) is 5.26. The predicted octanol–water partition coefficient (Wildman–Crippen LogP) is 6.13. The quantitative estimate of drug-likeness (QED) is 0.666. The molecule has 1 aliphatic carbocycles. The standard InChI is InChI=1S/C20H21F2N3.C2H6/c21-15-11-17-18(12-16(15)22)25-20(9-5-2-6-10-20)19(24-17)23-13-14-7-3-1-4-8-14;1-2/h1,3-4,7-8,11-12,25H,2,5-6,9-10,13H2,(H,23,24);1-2H3. The summed E-state index contributed by atoms with van der Waals surface area (Å²) in [6.45, 7) is 4.56. The van der Waals surface area contributed by atoms with E-state index in [2.05, 4.69) is 10.6 Å². The number of benzene rings is 2. The Hall–Kier alpha value is -2.43. The van der Waals surface area contributed by atoms with Crippen molar-refractivity contribution in [2.24, 2.45) is 4.99 Å². The molecular weight excluding hydrogens is 344 g/mol. The van der Waals surface area contributed by atoms with Gasteiger partial charge < -0.3 is 10.6 Å². The highest BCUT2D eigenvalue weighted by Crippen LogP contribution is 2.40. The van der Waals surface area contributed by atoms with Crippen LogP contribution in [0.15, 0.2) is 47.5 Å². The fraction of sp³-hybridized carbons (Fsp3) is 0.409. The highest BCUT2D eigenvalue weighted by atomic mass is 19.2. The number of nitrogens with zero attached hydrogens (tertiary/aromatic N) is 1. The van der Waals surface area contributed by atoms with E-state index in [9.17, 15) is 8.78 Å². The molecule has 5 heteroatoms. The molecule has 2 aromatic rings. The Morgan fingerprint density at radius 3 is 2.22 bits per heavy atom. The summed E-state index contributed by atoms with van der Waals surface area (Å²) in [6, 6.07) is 12.5. The summed E-state index contributed by atoms with van der Waals surface area (Å²) >= 11 is 0. The molecule has 0 aromatic heterocycles. The van der Waals surface area contributed by atoms with Crippen LogP contribution in [0, 0.1) is 11.6 Å². The summed E-state index contributed by atoms with van der Waals surface area (Å²) in [5.74, 6) is -0.853. The van der Waals surface area contributed by atoms with Crippen LogP contribution < -0.4 is 10.6 Å². The Balaban J connectivity index is 0.00000102. The van der Waals surface area contributed by atoms with Gasteiger partial charge in [-0.2, -0.15) is 0 Å². The number of hydrogen-bond acceptors (Lipinski definition) is 2. The van der Waals surface area contributed by atoms with Gasteiger partial charge in [-0.3, -0.25) is 4.99 Å². The SMILES string of the molecule is CC.Fc1cc2c(cc1F)NC1(CCCCC1)C(=NCc1ccccc1)N2. The Morgan fingerprint density at radius 2 is 1.56 bits per heavy atom. The minimum Gasteiger partial charge on any atom is -0.371 e. The molecule has 2 aliphatic rings. The Bertz CT molecular complexity index is 797. The molecule has 4 rings (SSSR count). The molecule has 27 heavy (non-hydrogen) atoms. The second-order valence-electron chi connectivity index (χ2n) is 6.86. The first-order valence-electron chi connectivity index (χ1n) is 9.79. The van der Waals surface area contributed by atoms with Crippen LogP contribution in [0.1, 0.15) is 51.5 Å². The van der Waals surface area contributed by atoms with Crippen LogP contribution >= 0.6 is 0 Å². The average Bonchev–Trinajstić information content (AvgIpc) is 2.71. The van der Waals surface area contributed by atoms with Gasteiger partial charge in [-0.25, -0.2) is 8.78 Å². The van der Waals surface area contributed by atoms with Crippen molar-refractivity contribution in [3.05, 3.63) is 59.7 Å². The maximum Gasteiger partial charge on any atom is 0.161 e. The van der Waals surface area contributed by atoms with Gasteiger partial charge in [-0.1, -0.05) is 63.4 Å². The first-order chi connectivity index (χ1) is 13.2. The topological polar surface area (TPSA) is 36.4 Å². The Labute approximate surface area is 159 Å². The van der Waals surface area contributed by atoms with Crippen LogP contribution in [-0.4, -0.2) is 11.4 Å². The van der Waals surface area contributed by atoms with Gasteiger partial charge in [0.05, 0.1) is 23.5 Å². The lowest BCUT2D eigenvalue weighted by molar-refractivity contribution is 0.402. The minimum atomic E-state index is -0.852. The Kier molecular flexibility index (Phi) is 6.09. The Morgan fingerprint density at radius 1 is 0.926 bits per heavy atom. The zero-order valence-corrected chi connectivity index (χ0v) is 16.0. The normalized spacial score (nSPS) is 18.7. The molecule has 2 N–H and O–H groups in total. The van der Waals surface area contributed by atoms with Crippen molar-refractivity contribution in [3.8, 4) is 0 Å². The number of anilines is 2. The first kappa shape index (κ1) is 19.3. The van der Waals surface area contributed by atoms with Crippen molar-refractivity contribution in [2.75, 3.05) is 10.6 Å². The molecule has 0 bridgehead atoms. The van der Waals surface area contributed by atoms with Gasteiger partial charge in [-0.15, -0.1) is 0 Å². The van der Waals surface area contributed by atoms with Crippen molar-refractivity contribution in [3.63, 3.8) is 0 Å². The molecule has 1 aliphatic heterocycles. The maximum absolute atomic E-state index is 13.7. The second-order valence-corrected chi connectivity index (χ2v) is 6.86. The highest BCUT2D eigenvalue weighted by Gasteiger charge is 2.41. The minimum absolute atomic E-state index is 0.315. The number of fused-ring (bicyclic) bond motifs is 1. The third kappa shape index (κ3) is 4.12. The van der Waals surface area contributed by atoms with Crippen LogP contribution in [0.25, 0.3) is 0 Å². The van der Waals surface area contributed by atoms with Crippen molar-refractivity contribution < 1.29 is 8.78 Å². The molecule has 0 saturated heterocycles. The fourth-order valence-electron chi connectivity index (χ4n) is 3.78. The highest BCUT2D eigenvalue weighted by molar-refractivity contribution is 6.09. The average molecular weight is 371 g/mol. The second kappa shape index (κ2) is 8.51. The van der Waals surface area contributed by atoms with Gasteiger partial charge >= 0.3 is 0 Å². The van der Waals surface area contributed by atoms with Gasteiger partial charge in [0.15, 0.2) is 11.6 Å². The monoisotopic (exact) mass is 371 g/mol. The van der Waals surface area contributed by atoms with E-state index in [1.165, 1.54) is 18.6 Å². The summed E-state index contributed by atoms with van der Waals surface area (Å²) in [5, 5.41) is 6.74. The molecule has 0 atom stereocenters. The molecule has 1 saturated carbocycles. The lowest BCUT2D eigenvalue weighted by atomic mass is 9.79. The van der Waals surface area contributed by atoms with Crippen LogP contribution in [-0.2, 0) is 6.54 Å². The third-order valence-corrected chi connectivity index (χ3v) is 5.11.